The molecule has 0 atom stereocenters. The zero-order valence-corrected chi connectivity index (χ0v) is 12.9. The Labute approximate surface area is 123 Å². The van der Waals surface area contributed by atoms with Crippen molar-refractivity contribution < 1.29 is 13.9 Å². The van der Waals surface area contributed by atoms with Gasteiger partial charge in [0.05, 0.1) is 5.69 Å². The molecule has 1 fully saturated rings. The van der Waals surface area contributed by atoms with Crippen LogP contribution in [0, 0.1) is 5.82 Å². The predicted octanol–water partition coefficient (Wildman–Crippen LogP) is 2.54. The van der Waals surface area contributed by atoms with Crippen LogP contribution in [0.2, 0.25) is 0 Å². The Hall–Kier alpha value is -1.92. The first-order valence-electron chi connectivity index (χ1n) is 7.11. The number of carbonyl (C=O) groups excluding carboxylic acids is 1. The molecule has 0 spiro atoms. The van der Waals surface area contributed by atoms with E-state index in [1.54, 1.807) is 20.8 Å². The zero-order valence-electron chi connectivity index (χ0n) is 12.9. The van der Waals surface area contributed by atoms with Crippen LogP contribution >= 0.6 is 0 Å². The topological polar surface area (TPSA) is 58.6 Å². The molecule has 1 aromatic heterocycles. The number of aryl methyl sites for hydroxylation is 1. The Kier molecular flexibility index (Phi) is 4.29. The monoisotopic (exact) mass is 296 g/mol. The van der Waals surface area contributed by atoms with Gasteiger partial charge in [0.1, 0.15) is 11.9 Å². The van der Waals surface area contributed by atoms with Crippen molar-refractivity contribution in [3.8, 4) is 0 Å². The summed E-state index contributed by atoms with van der Waals surface area (Å²) in [7, 11) is 0. The van der Waals surface area contributed by atoms with Gasteiger partial charge in [0.15, 0.2) is 11.6 Å². The molecule has 1 aliphatic heterocycles. The molecule has 1 aromatic rings. The molecular weight excluding hydrogens is 275 g/mol. The van der Waals surface area contributed by atoms with E-state index in [0.29, 0.717) is 25.2 Å². The van der Waals surface area contributed by atoms with E-state index in [1.165, 1.54) is 16.3 Å². The van der Waals surface area contributed by atoms with Crippen LogP contribution in [0.4, 0.5) is 15.0 Å². The largest absolute Gasteiger partial charge is 0.442 e. The lowest BCUT2D eigenvalue weighted by Gasteiger charge is -2.31. The molecule has 0 aromatic carbocycles. The Bertz CT molecular complexity index is 530. The first kappa shape index (κ1) is 15.5. The highest BCUT2D eigenvalue weighted by Crippen LogP contribution is 2.25. The minimum Gasteiger partial charge on any atom is -0.442 e. The van der Waals surface area contributed by atoms with Gasteiger partial charge in [-0.05, 0) is 33.6 Å². The molecule has 1 saturated heterocycles. The number of hydrogen-bond donors (Lipinski definition) is 0. The highest BCUT2D eigenvalue weighted by Gasteiger charge is 2.33. The van der Waals surface area contributed by atoms with E-state index in [4.69, 9.17) is 4.74 Å². The van der Waals surface area contributed by atoms with E-state index in [-0.39, 0.29) is 5.82 Å². The summed E-state index contributed by atoms with van der Waals surface area (Å²) >= 11 is 0. The van der Waals surface area contributed by atoms with Crippen molar-refractivity contribution in [2.75, 3.05) is 18.1 Å². The number of amides is 1. The van der Waals surface area contributed by atoms with Gasteiger partial charge in [-0.25, -0.2) is 24.2 Å². The van der Waals surface area contributed by atoms with E-state index < -0.39 is 17.5 Å². The Morgan fingerprint density at radius 2 is 2.10 bits per heavy atom. The standard InChI is InChI=1S/C14H21FN4O2/c1-5-10-11(15)12(17-9-16-10)18-7-6-8-19(18)13(20)21-14(2,3)4/h9H,5-8H2,1-4H3. The van der Waals surface area contributed by atoms with Gasteiger partial charge in [0.2, 0.25) is 0 Å². The van der Waals surface area contributed by atoms with Crippen molar-refractivity contribution in [1.29, 1.82) is 0 Å². The molecule has 1 amide bonds. The van der Waals surface area contributed by atoms with Crippen molar-refractivity contribution in [2.24, 2.45) is 0 Å². The maximum atomic E-state index is 14.4. The van der Waals surface area contributed by atoms with Crippen LogP contribution in [0.15, 0.2) is 6.33 Å². The van der Waals surface area contributed by atoms with Gasteiger partial charge in [0, 0.05) is 13.1 Å². The molecule has 0 N–H and O–H groups in total. The first-order valence-corrected chi connectivity index (χ1v) is 7.11. The number of anilines is 1. The van der Waals surface area contributed by atoms with Crippen molar-refractivity contribution in [3.63, 3.8) is 0 Å². The van der Waals surface area contributed by atoms with E-state index in [9.17, 15) is 9.18 Å². The summed E-state index contributed by atoms with van der Waals surface area (Å²) < 4.78 is 19.7. The quantitative estimate of drug-likeness (QED) is 0.839. The Balaban J connectivity index is 2.25. The Morgan fingerprint density at radius 3 is 2.71 bits per heavy atom. The number of rotatable bonds is 2. The summed E-state index contributed by atoms with van der Waals surface area (Å²) in [4.78, 5) is 20.1. The maximum Gasteiger partial charge on any atom is 0.429 e. The first-order chi connectivity index (χ1) is 9.83. The maximum absolute atomic E-state index is 14.4. The molecule has 0 radical (unpaired) electrons. The SMILES string of the molecule is CCc1ncnc(N2CCCN2C(=O)OC(C)(C)C)c1F. The molecule has 116 valence electrons. The van der Waals surface area contributed by atoms with Crippen molar-refractivity contribution >= 4 is 11.9 Å². The van der Waals surface area contributed by atoms with Gasteiger partial charge in [-0.15, -0.1) is 0 Å². The van der Waals surface area contributed by atoms with Gasteiger partial charge in [-0.3, -0.25) is 5.01 Å². The minimum atomic E-state index is -0.593. The number of halogens is 1. The Morgan fingerprint density at radius 1 is 1.38 bits per heavy atom. The smallest absolute Gasteiger partial charge is 0.429 e. The van der Waals surface area contributed by atoms with Crippen LogP contribution in [0.25, 0.3) is 0 Å². The lowest BCUT2D eigenvalue weighted by Crippen LogP contribution is -2.45. The van der Waals surface area contributed by atoms with Crippen LogP contribution in [0.1, 0.15) is 39.8 Å². The molecule has 0 saturated carbocycles. The van der Waals surface area contributed by atoms with Crippen molar-refractivity contribution in [1.82, 2.24) is 15.0 Å². The van der Waals surface area contributed by atoms with Crippen LogP contribution in [-0.4, -0.2) is 39.8 Å². The van der Waals surface area contributed by atoms with Gasteiger partial charge in [-0.1, -0.05) is 6.92 Å². The van der Waals surface area contributed by atoms with Crippen LogP contribution in [0.3, 0.4) is 0 Å². The third kappa shape index (κ3) is 3.40. The molecule has 2 rings (SSSR count). The zero-order chi connectivity index (χ0) is 15.6. The second-order valence-electron chi connectivity index (χ2n) is 5.89. The van der Waals surface area contributed by atoms with Crippen LogP contribution < -0.4 is 5.01 Å². The number of ether oxygens (including phenoxy) is 1. The third-order valence-corrected chi connectivity index (χ3v) is 3.06. The summed E-state index contributed by atoms with van der Waals surface area (Å²) in [6.45, 7) is 8.23. The fraction of sp³-hybridized carbons (Fsp3) is 0.643. The highest BCUT2D eigenvalue weighted by molar-refractivity contribution is 5.71. The number of carbonyl (C=O) groups is 1. The molecule has 0 aliphatic carbocycles. The molecular formula is C14H21FN4O2. The number of aromatic nitrogens is 2. The average Bonchev–Trinajstić information content (AvgIpc) is 2.86. The number of nitrogens with zero attached hydrogens (tertiary/aromatic N) is 4. The van der Waals surface area contributed by atoms with Gasteiger partial charge < -0.3 is 4.74 Å². The minimum absolute atomic E-state index is 0.130. The van der Waals surface area contributed by atoms with Gasteiger partial charge in [0.25, 0.3) is 0 Å². The summed E-state index contributed by atoms with van der Waals surface area (Å²) in [5.41, 5.74) is -0.250. The molecule has 0 bridgehead atoms. The van der Waals surface area contributed by atoms with E-state index in [2.05, 4.69) is 9.97 Å². The molecule has 21 heavy (non-hydrogen) atoms. The summed E-state index contributed by atoms with van der Waals surface area (Å²) in [5, 5.41) is 2.93. The van der Waals surface area contributed by atoms with Crippen LogP contribution in [0.5, 0.6) is 0 Å². The van der Waals surface area contributed by atoms with Gasteiger partial charge >= 0.3 is 6.09 Å². The fourth-order valence-corrected chi connectivity index (χ4v) is 2.16. The van der Waals surface area contributed by atoms with E-state index in [1.807, 2.05) is 6.92 Å². The van der Waals surface area contributed by atoms with Gasteiger partial charge in [-0.2, -0.15) is 0 Å². The third-order valence-electron chi connectivity index (χ3n) is 3.06. The fourth-order valence-electron chi connectivity index (χ4n) is 2.16. The number of hydrazine groups is 1. The lowest BCUT2D eigenvalue weighted by atomic mass is 10.2. The van der Waals surface area contributed by atoms with E-state index >= 15 is 0 Å². The van der Waals surface area contributed by atoms with Crippen molar-refractivity contribution in [2.45, 2.75) is 46.1 Å². The normalized spacial score (nSPS) is 15.5. The van der Waals surface area contributed by atoms with Crippen molar-refractivity contribution in [3.05, 3.63) is 17.8 Å². The summed E-state index contributed by atoms with van der Waals surface area (Å²) in [6, 6.07) is 0. The average molecular weight is 296 g/mol. The summed E-state index contributed by atoms with van der Waals surface area (Å²) in [6.07, 6.45) is 2.05. The lowest BCUT2D eigenvalue weighted by molar-refractivity contribution is 0.0271. The molecule has 0 unspecified atom stereocenters. The molecule has 1 aliphatic rings. The molecule has 6 nitrogen and oxygen atoms in total. The predicted molar refractivity (Wildman–Crippen MR) is 76.3 cm³/mol. The number of hydrogen-bond acceptors (Lipinski definition) is 5. The second-order valence-corrected chi connectivity index (χ2v) is 5.89. The second kappa shape index (κ2) is 5.83. The molecule has 2 heterocycles. The van der Waals surface area contributed by atoms with E-state index in [0.717, 1.165) is 6.42 Å². The highest BCUT2D eigenvalue weighted by atomic mass is 19.1. The molecule has 7 heteroatoms. The summed E-state index contributed by atoms with van der Waals surface area (Å²) in [5.74, 6) is -0.347. The van der Waals surface area contributed by atoms with Crippen LogP contribution in [-0.2, 0) is 11.2 Å².